The average Bonchev–Trinajstić information content (AvgIpc) is 3.10. The fourth-order valence-electron chi connectivity index (χ4n) is 4.38. The lowest BCUT2D eigenvalue weighted by Crippen LogP contribution is -2.11. The maximum atomic E-state index is 6.73. The highest BCUT2D eigenvalue weighted by Gasteiger charge is 2.48. The molecule has 7 rings (SSSR count). The molecule has 0 saturated heterocycles. The molecule has 0 aromatic heterocycles. The van der Waals surface area contributed by atoms with Gasteiger partial charge in [0.2, 0.25) is 0 Å². The lowest BCUT2D eigenvalue weighted by molar-refractivity contribution is 0.443. The Morgan fingerprint density at radius 1 is 0.312 bits per heavy atom. The fourth-order valence-corrected chi connectivity index (χ4v) is 13.4. The van der Waals surface area contributed by atoms with E-state index in [1.807, 2.05) is 91.0 Å². The number of rotatable bonds is 12. The summed E-state index contributed by atoms with van der Waals surface area (Å²) in [5.41, 5.74) is 0. The standard InChI is InChI=1S/C36H28N3O6P3/c1-7-19-31(20-8-1)40-46(41-32-21-9-2-10-22-32)37-47(42-33-23-11-3-12-24-33,43-34-25-13-4-14-26-34)39-48(38-46,44-35-27-15-5-16-28-35)45-36-29-17-6-18-30-36/h1-5,7-17,19-30H. The van der Waals surface area contributed by atoms with E-state index in [0.717, 1.165) is 0 Å². The minimum Gasteiger partial charge on any atom is -0.413 e. The van der Waals surface area contributed by atoms with Gasteiger partial charge in [-0.2, -0.15) is 0 Å². The average molecular weight is 692 g/mol. The van der Waals surface area contributed by atoms with E-state index in [1.54, 1.807) is 78.9 Å². The lowest BCUT2D eigenvalue weighted by atomic mass is 10.3. The summed E-state index contributed by atoms with van der Waals surface area (Å²) >= 11 is 0. The molecule has 1 aliphatic rings. The first kappa shape index (κ1) is 31.2. The van der Waals surface area contributed by atoms with Crippen LogP contribution in [0.5, 0.6) is 34.5 Å². The second-order valence-corrected chi connectivity index (χ2v) is 16.2. The molecule has 1 atom stereocenters. The molecular formula is C36H28N3O6P3. The van der Waals surface area contributed by atoms with Crippen molar-refractivity contribution in [3.8, 4) is 34.5 Å². The van der Waals surface area contributed by atoms with E-state index >= 15 is 0 Å². The number of nitrogens with zero attached hydrogens (tertiary/aromatic N) is 3. The highest BCUT2D eigenvalue weighted by molar-refractivity contribution is 7.79. The molecule has 0 bridgehead atoms. The number of benzene rings is 5. The maximum Gasteiger partial charge on any atom is 0.460 e. The van der Waals surface area contributed by atoms with E-state index in [2.05, 4.69) is 12.1 Å². The van der Waals surface area contributed by atoms with E-state index < -0.39 is 23.0 Å². The molecule has 6 aromatic rings. The summed E-state index contributed by atoms with van der Waals surface area (Å²) in [5, 5.41) is 0. The molecule has 0 radical (unpaired) electrons. The molecule has 0 amide bonds. The van der Waals surface area contributed by atoms with Crippen molar-refractivity contribution in [3.63, 3.8) is 0 Å². The zero-order valence-electron chi connectivity index (χ0n) is 25.3. The summed E-state index contributed by atoms with van der Waals surface area (Å²) in [6.07, 6.45) is 0. The van der Waals surface area contributed by atoms with Crippen LogP contribution in [0.2, 0.25) is 0 Å². The van der Waals surface area contributed by atoms with E-state index in [9.17, 15) is 0 Å². The summed E-state index contributed by atoms with van der Waals surface area (Å²) in [5.74, 6) is 2.63. The molecule has 0 saturated carbocycles. The Kier molecular flexibility index (Phi) is 9.23. The minimum atomic E-state index is -3.90. The molecule has 9 nitrogen and oxygen atoms in total. The SMILES string of the molecule is c1ccc(OP2(Oc3ccccc3)=NP(Oc3ccccc3)(Oc3ccccc3)=NP(Oc3ccccc3)(Oc3ccccc3)=N2)cc#1. The van der Waals surface area contributed by atoms with Crippen LogP contribution >= 0.6 is 23.0 Å². The Morgan fingerprint density at radius 2 is 0.583 bits per heavy atom. The van der Waals surface area contributed by atoms with Gasteiger partial charge in [-0.3, -0.25) is 0 Å². The van der Waals surface area contributed by atoms with Crippen LogP contribution in [0, 0.1) is 12.1 Å². The van der Waals surface area contributed by atoms with Crippen LogP contribution in [0.4, 0.5) is 0 Å². The van der Waals surface area contributed by atoms with Gasteiger partial charge in [0.1, 0.15) is 34.5 Å². The maximum absolute atomic E-state index is 6.73. The Labute approximate surface area is 279 Å². The third kappa shape index (κ3) is 7.77. The first-order valence-corrected chi connectivity index (χ1v) is 19.4. The molecule has 12 heteroatoms. The predicted octanol–water partition coefficient (Wildman–Crippen LogP) is 11.9. The van der Waals surface area contributed by atoms with Crippen molar-refractivity contribution in [1.29, 1.82) is 0 Å². The van der Waals surface area contributed by atoms with Crippen LogP contribution in [0.25, 0.3) is 0 Å². The molecule has 6 aromatic carbocycles. The molecule has 1 heterocycles. The highest BCUT2D eigenvalue weighted by atomic mass is 31.3. The van der Waals surface area contributed by atoms with Crippen molar-refractivity contribution in [2.24, 2.45) is 13.5 Å². The molecule has 0 fully saturated rings. The first-order chi connectivity index (χ1) is 23.6. The van der Waals surface area contributed by atoms with Gasteiger partial charge >= 0.3 is 23.0 Å². The minimum absolute atomic E-state index is 0.377. The Morgan fingerprint density at radius 3 is 0.833 bits per heavy atom. The topological polar surface area (TPSA) is 92.5 Å². The zero-order valence-corrected chi connectivity index (χ0v) is 28.0. The molecule has 48 heavy (non-hydrogen) atoms. The number of hydrogen-bond donors (Lipinski definition) is 0. The summed E-state index contributed by atoms with van der Waals surface area (Å²) < 4.78 is 55.8. The number of hydrogen-bond acceptors (Lipinski definition) is 9. The molecule has 1 aliphatic heterocycles. The molecule has 0 N–H and O–H groups in total. The van der Waals surface area contributed by atoms with Crippen LogP contribution in [0.1, 0.15) is 0 Å². The van der Waals surface area contributed by atoms with Gasteiger partial charge in [-0.25, -0.2) is 0 Å². The molecule has 0 aliphatic carbocycles. The number of para-hydroxylation sites is 5. The summed E-state index contributed by atoms with van der Waals surface area (Å²) in [4.78, 5) is 0. The van der Waals surface area contributed by atoms with Crippen LogP contribution < -0.4 is 27.1 Å². The quantitative estimate of drug-likeness (QED) is 0.119. The molecular weight excluding hydrogens is 663 g/mol. The first-order valence-electron chi connectivity index (χ1n) is 14.8. The third-order valence-electron chi connectivity index (χ3n) is 6.37. The second-order valence-electron chi connectivity index (χ2n) is 10.0. The Hall–Kier alpha value is -5.37. The van der Waals surface area contributed by atoms with E-state index in [-0.39, 0.29) is 0 Å². The highest BCUT2D eigenvalue weighted by Crippen LogP contribution is 2.78. The second kappa shape index (κ2) is 14.2. The normalized spacial score (nSPS) is 15.1. The monoisotopic (exact) mass is 691 g/mol. The Bertz CT molecular complexity index is 1710. The molecule has 0 spiro atoms. The van der Waals surface area contributed by atoms with Gasteiger partial charge in [0.15, 0.2) is 0 Å². The lowest BCUT2D eigenvalue weighted by Gasteiger charge is -2.33. The van der Waals surface area contributed by atoms with Crippen LogP contribution in [-0.2, 0) is 0 Å². The van der Waals surface area contributed by atoms with Crippen LogP contribution in [0.15, 0.2) is 183 Å². The van der Waals surface area contributed by atoms with Crippen LogP contribution in [-0.4, -0.2) is 0 Å². The van der Waals surface area contributed by atoms with Crippen molar-refractivity contribution in [2.75, 3.05) is 0 Å². The summed E-state index contributed by atoms with van der Waals surface area (Å²) in [6, 6.07) is 56.7. The van der Waals surface area contributed by atoms with Crippen molar-refractivity contribution in [2.45, 2.75) is 0 Å². The fraction of sp³-hybridized carbons (Fsp3) is 0. The van der Waals surface area contributed by atoms with E-state index in [1.165, 1.54) is 0 Å². The van der Waals surface area contributed by atoms with E-state index in [0.29, 0.717) is 34.5 Å². The van der Waals surface area contributed by atoms with E-state index in [4.69, 9.17) is 40.7 Å². The van der Waals surface area contributed by atoms with Crippen molar-refractivity contribution in [3.05, 3.63) is 182 Å². The van der Waals surface area contributed by atoms with Gasteiger partial charge < -0.3 is 27.1 Å². The van der Waals surface area contributed by atoms with Gasteiger partial charge in [-0.05, 0) is 72.8 Å². The van der Waals surface area contributed by atoms with Crippen LogP contribution in [0.3, 0.4) is 0 Å². The summed E-state index contributed by atoms with van der Waals surface area (Å²) in [6.45, 7) is 0. The predicted molar refractivity (Wildman–Crippen MR) is 188 cm³/mol. The molecule has 1 unspecified atom stereocenters. The third-order valence-corrected chi connectivity index (χ3v) is 14.5. The van der Waals surface area contributed by atoms with Gasteiger partial charge in [-0.1, -0.05) is 117 Å². The van der Waals surface area contributed by atoms with Gasteiger partial charge in [0.25, 0.3) is 0 Å². The molecule has 238 valence electrons. The summed E-state index contributed by atoms with van der Waals surface area (Å²) in [7, 11) is -11.7. The van der Waals surface area contributed by atoms with Crippen molar-refractivity contribution >= 4 is 23.0 Å². The van der Waals surface area contributed by atoms with Crippen molar-refractivity contribution < 1.29 is 27.1 Å². The zero-order chi connectivity index (χ0) is 32.5. The van der Waals surface area contributed by atoms with Gasteiger partial charge in [-0.15, -0.1) is 0 Å². The Balaban J connectivity index is 1.55. The van der Waals surface area contributed by atoms with Crippen molar-refractivity contribution in [1.82, 2.24) is 0 Å². The van der Waals surface area contributed by atoms with Gasteiger partial charge in [0, 0.05) is 6.07 Å². The largest absolute Gasteiger partial charge is 0.460 e. The van der Waals surface area contributed by atoms with Gasteiger partial charge in [0.05, 0.1) is 0 Å². The smallest absolute Gasteiger partial charge is 0.413 e.